The Bertz CT molecular complexity index is 1030. The Kier molecular flexibility index (Phi) is 4.15. The van der Waals surface area contributed by atoms with Crippen molar-refractivity contribution in [1.82, 2.24) is 0 Å². The molecule has 0 aromatic heterocycles. The summed E-state index contributed by atoms with van der Waals surface area (Å²) in [4.78, 5) is 11.0. The monoisotopic (exact) mass is 366 g/mol. The van der Waals surface area contributed by atoms with E-state index in [4.69, 9.17) is 5.11 Å². The number of hydrogen-bond acceptors (Lipinski definition) is 2. The van der Waals surface area contributed by atoms with Crippen molar-refractivity contribution >= 4 is 5.97 Å². The lowest BCUT2D eigenvalue weighted by Crippen LogP contribution is -1.99. The molecule has 27 heavy (non-hydrogen) atoms. The molecule has 0 radical (unpaired) electrons. The molecule has 3 nitrogen and oxygen atoms in total. The lowest BCUT2D eigenvalue weighted by atomic mass is 9.97. The van der Waals surface area contributed by atoms with E-state index in [1.807, 2.05) is 0 Å². The molecular formula is C22H16F2O3. The average molecular weight is 366 g/mol. The van der Waals surface area contributed by atoms with Crippen molar-refractivity contribution < 1.29 is 23.8 Å². The number of carboxylic acid groups (broad SMARTS) is 1. The van der Waals surface area contributed by atoms with Crippen LogP contribution in [0.15, 0.2) is 60.7 Å². The van der Waals surface area contributed by atoms with Gasteiger partial charge < -0.3 is 10.2 Å². The second-order valence-corrected chi connectivity index (χ2v) is 6.77. The molecule has 1 aliphatic carbocycles. The first-order chi connectivity index (χ1) is 12.9. The molecular weight excluding hydrogens is 350 g/mol. The number of carboxylic acids is 1. The predicted molar refractivity (Wildman–Crippen MR) is 97.4 cm³/mol. The third-order valence-corrected chi connectivity index (χ3v) is 4.99. The first-order valence-corrected chi connectivity index (χ1v) is 8.55. The number of phenols is 1. The number of phenolic OH excluding ortho intramolecular Hbond substituents is 1. The SMILES string of the molecule is O=C(O)C1CC1c1ccc(-c2ccc(-c3ccc(O)cc3)c(F)c2)c(F)c1. The zero-order chi connectivity index (χ0) is 19.1. The summed E-state index contributed by atoms with van der Waals surface area (Å²) < 4.78 is 29.1. The third kappa shape index (κ3) is 3.28. The molecule has 2 unspecified atom stereocenters. The minimum atomic E-state index is -0.864. The maximum absolute atomic E-state index is 14.6. The van der Waals surface area contributed by atoms with Crippen molar-refractivity contribution in [2.75, 3.05) is 0 Å². The zero-order valence-electron chi connectivity index (χ0n) is 14.2. The van der Waals surface area contributed by atoms with Gasteiger partial charge in [-0.05, 0) is 53.3 Å². The van der Waals surface area contributed by atoms with Gasteiger partial charge in [-0.25, -0.2) is 8.78 Å². The number of carbonyl (C=O) groups is 1. The van der Waals surface area contributed by atoms with E-state index in [1.54, 1.807) is 36.4 Å². The van der Waals surface area contributed by atoms with Gasteiger partial charge in [-0.3, -0.25) is 4.79 Å². The van der Waals surface area contributed by atoms with Gasteiger partial charge in [-0.15, -0.1) is 0 Å². The Labute approximate surface area is 154 Å². The molecule has 1 fully saturated rings. The number of rotatable bonds is 4. The van der Waals surface area contributed by atoms with Crippen LogP contribution in [0, 0.1) is 17.6 Å². The van der Waals surface area contributed by atoms with E-state index in [2.05, 4.69) is 0 Å². The molecule has 3 aromatic carbocycles. The lowest BCUT2D eigenvalue weighted by Gasteiger charge is -2.09. The van der Waals surface area contributed by atoms with Crippen LogP contribution in [0.3, 0.4) is 0 Å². The molecule has 136 valence electrons. The summed E-state index contributed by atoms with van der Waals surface area (Å²) in [6, 6.07) is 15.3. The summed E-state index contributed by atoms with van der Waals surface area (Å²) in [6.45, 7) is 0. The van der Waals surface area contributed by atoms with Gasteiger partial charge in [-0.1, -0.05) is 36.4 Å². The van der Waals surface area contributed by atoms with Crippen LogP contribution in [0.2, 0.25) is 0 Å². The maximum atomic E-state index is 14.6. The van der Waals surface area contributed by atoms with Crippen molar-refractivity contribution in [3.05, 3.63) is 77.9 Å². The molecule has 5 heteroatoms. The van der Waals surface area contributed by atoms with E-state index in [9.17, 15) is 18.7 Å². The van der Waals surface area contributed by atoms with Crippen LogP contribution in [0.25, 0.3) is 22.3 Å². The summed E-state index contributed by atoms with van der Waals surface area (Å²) >= 11 is 0. The molecule has 2 atom stereocenters. The van der Waals surface area contributed by atoms with Crippen molar-refractivity contribution in [3.8, 4) is 28.0 Å². The van der Waals surface area contributed by atoms with Gasteiger partial charge in [0, 0.05) is 11.1 Å². The second kappa shape index (κ2) is 6.50. The fourth-order valence-electron chi connectivity index (χ4n) is 3.39. The van der Waals surface area contributed by atoms with Crippen LogP contribution in [-0.4, -0.2) is 16.2 Å². The fourth-order valence-corrected chi connectivity index (χ4v) is 3.39. The largest absolute Gasteiger partial charge is 0.508 e. The molecule has 0 spiro atoms. The number of aliphatic carboxylic acids is 1. The van der Waals surface area contributed by atoms with E-state index in [1.165, 1.54) is 24.3 Å². The topological polar surface area (TPSA) is 57.5 Å². The van der Waals surface area contributed by atoms with E-state index < -0.39 is 23.5 Å². The summed E-state index contributed by atoms with van der Waals surface area (Å²) in [6.07, 6.45) is 0.518. The average Bonchev–Trinajstić information content (AvgIpc) is 3.44. The van der Waals surface area contributed by atoms with Gasteiger partial charge in [0.2, 0.25) is 0 Å². The minimum absolute atomic E-state index is 0.0961. The molecule has 0 saturated heterocycles. The maximum Gasteiger partial charge on any atom is 0.307 e. The van der Waals surface area contributed by atoms with Crippen LogP contribution in [-0.2, 0) is 4.79 Å². The zero-order valence-corrected chi connectivity index (χ0v) is 14.2. The number of halogens is 2. The Morgan fingerprint density at radius 1 is 0.852 bits per heavy atom. The summed E-state index contributed by atoms with van der Waals surface area (Å²) in [5.74, 6) is -2.36. The lowest BCUT2D eigenvalue weighted by molar-refractivity contribution is -0.138. The van der Waals surface area contributed by atoms with Crippen molar-refractivity contribution in [2.45, 2.75) is 12.3 Å². The molecule has 0 amide bonds. The van der Waals surface area contributed by atoms with Gasteiger partial charge in [0.1, 0.15) is 17.4 Å². The first-order valence-electron chi connectivity index (χ1n) is 8.55. The standard InChI is InChI=1S/C22H16F2O3/c23-20-9-13(3-7-16(20)12-1-5-15(25)6-2-12)17-8-4-14(10-21(17)24)18-11-19(18)22(26)27/h1-10,18-19,25H,11H2,(H,26,27). The van der Waals surface area contributed by atoms with Crippen LogP contribution in [0.1, 0.15) is 17.9 Å². The summed E-state index contributed by atoms with van der Waals surface area (Å²) in [7, 11) is 0. The Hall–Kier alpha value is -3.21. The van der Waals surface area contributed by atoms with Crippen LogP contribution in [0.4, 0.5) is 8.78 Å². The highest BCUT2D eigenvalue weighted by Gasteiger charge is 2.44. The van der Waals surface area contributed by atoms with E-state index >= 15 is 0 Å². The first kappa shape index (κ1) is 17.2. The highest BCUT2D eigenvalue weighted by atomic mass is 19.1. The van der Waals surface area contributed by atoms with Crippen LogP contribution >= 0.6 is 0 Å². The quantitative estimate of drug-likeness (QED) is 0.668. The van der Waals surface area contributed by atoms with Crippen molar-refractivity contribution in [2.24, 2.45) is 5.92 Å². The Morgan fingerprint density at radius 3 is 2.04 bits per heavy atom. The van der Waals surface area contributed by atoms with Crippen molar-refractivity contribution in [1.29, 1.82) is 0 Å². The van der Waals surface area contributed by atoms with Gasteiger partial charge in [0.25, 0.3) is 0 Å². The molecule has 0 heterocycles. The van der Waals surface area contributed by atoms with E-state index in [0.717, 1.165) is 0 Å². The van der Waals surface area contributed by atoms with Crippen LogP contribution < -0.4 is 0 Å². The summed E-state index contributed by atoms with van der Waals surface area (Å²) in [5, 5.41) is 18.3. The predicted octanol–water partition coefficient (Wildman–Crippen LogP) is 5.19. The van der Waals surface area contributed by atoms with E-state index in [0.29, 0.717) is 28.7 Å². The highest BCUT2D eigenvalue weighted by Crippen LogP contribution is 2.48. The van der Waals surface area contributed by atoms with Crippen molar-refractivity contribution in [3.63, 3.8) is 0 Å². The third-order valence-electron chi connectivity index (χ3n) is 4.99. The van der Waals surface area contributed by atoms with E-state index in [-0.39, 0.29) is 17.2 Å². The Balaban J connectivity index is 1.63. The van der Waals surface area contributed by atoms with Gasteiger partial charge in [0.05, 0.1) is 5.92 Å². The molecule has 2 N–H and O–H groups in total. The second-order valence-electron chi connectivity index (χ2n) is 6.77. The number of aromatic hydroxyl groups is 1. The van der Waals surface area contributed by atoms with Gasteiger partial charge in [0.15, 0.2) is 0 Å². The van der Waals surface area contributed by atoms with Crippen LogP contribution in [0.5, 0.6) is 5.75 Å². The Morgan fingerprint density at radius 2 is 1.44 bits per heavy atom. The smallest absolute Gasteiger partial charge is 0.307 e. The molecule has 1 saturated carbocycles. The molecule has 0 aliphatic heterocycles. The highest BCUT2D eigenvalue weighted by molar-refractivity contribution is 5.76. The molecule has 3 aromatic rings. The van der Waals surface area contributed by atoms with Gasteiger partial charge >= 0.3 is 5.97 Å². The number of hydrogen-bond donors (Lipinski definition) is 2. The molecule has 4 rings (SSSR count). The minimum Gasteiger partial charge on any atom is -0.508 e. The molecule has 0 bridgehead atoms. The van der Waals surface area contributed by atoms with Gasteiger partial charge in [-0.2, -0.15) is 0 Å². The summed E-state index contributed by atoms with van der Waals surface area (Å²) in [5.41, 5.74) is 2.30. The molecule has 1 aliphatic rings. The normalized spacial score (nSPS) is 18.3. The fraction of sp³-hybridized carbons (Fsp3) is 0.136. The number of benzene rings is 3.